The zero-order valence-electron chi connectivity index (χ0n) is 19.1. The second-order valence-corrected chi connectivity index (χ2v) is 11.2. The van der Waals surface area contributed by atoms with Gasteiger partial charge in [0.2, 0.25) is 5.95 Å². The van der Waals surface area contributed by atoms with Crippen LogP contribution in [0.5, 0.6) is 0 Å². The maximum Gasteiger partial charge on any atom is 0.477 e. The molecule has 0 saturated heterocycles. The Morgan fingerprint density at radius 3 is 2.09 bits per heavy atom. The Kier molecular flexibility index (Phi) is 7.42. The Hall–Kier alpha value is -2.23. The van der Waals surface area contributed by atoms with Crippen LogP contribution in [0.1, 0.15) is 41.5 Å². The first-order valence-corrected chi connectivity index (χ1v) is 12.4. The molecule has 0 N–H and O–H groups in total. The molecule has 0 radical (unpaired) electrons. The van der Waals surface area contributed by atoms with Gasteiger partial charge in [-0.1, -0.05) is 6.07 Å². The van der Waals surface area contributed by atoms with E-state index >= 15 is 0 Å². The molecule has 0 amide bonds. The van der Waals surface area contributed by atoms with Gasteiger partial charge in [0.15, 0.2) is 5.13 Å². The number of aromatic nitrogens is 4. The van der Waals surface area contributed by atoms with Gasteiger partial charge in [0, 0.05) is 24.0 Å². The predicted molar refractivity (Wildman–Crippen MR) is 125 cm³/mol. The van der Waals surface area contributed by atoms with Crippen molar-refractivity contribution in [1.29, 1.82) is 0 Å². The molecular weight excluding hydrogens is 449 g/mol. The predicted octanol–water partition coefficient (Wildman–Crippen LogP) is 5.85. The summed E-state index contributed by atoms with van der Waals surface area (Å²) in [6.07, 6.45) is 4.93. The Morgan fingerprint density at radius 1 is 0.906 bits per heavy atom. The number of pyridine rings is 1. The van der Waals surface area contributed by atoms with Gasteiger partial charge in [0.1, 0.15) is 12.4 Å². The van der Waals surface area contributed by atoms with E-state index in [2.05, 4.69) is 19.9 Å². The number of phosphoric ester groups is 1. The lowest BCUT2D eigenvalue weighted by molar-refractivity contribution is 0.00410. The summed E-state index contributed by atoms with van der Waals surface area (Å²) in [6, 6.07) is 7.32. The fourth-order valence-electron chi connectivity index (χ4n) is 2.52. The van der Waals surface area contributed by atoms with Crippen LogP contribution in [-0.4, -0.2) is 37.9 Å². The zero-order chi connectivity index (χ0) is 23.4. The van der Waals surface area contributed by atoms with E-state index in [1.54, 1.807) is 71.1 Å². The third-order valence-electron chi connectivity index (χ3n) is 3.56. The van der Waals surface area contributed by atoms with Gasteiger partial charge in [-0.25, -0.2) is 19.5 Å². The zero-order valence-corrected chi connectivity index (χ0v) is 20.8. The standard InChI is InChI=1S/C21H28N5O4PS/c1-20(2,3)29-31(27,30-21(4,5)6)28-15-26(18-23-12-9-13-24-18)19-25-17(14-32-19)16-10-7-8-11-22-16/h7-14H,15H2,1-6H3. The highest BCUT2D eigenvalue weighted by atomic mass is 32.1. The van der Waals surface area contributed by atoms with Crippen LogP contribution in [0.2, 0.25) is 0 Å². The van der Waals surface area contributed by atoms with Crippen molar-refractivity contribution >= 4 is 30.2 Å². The number of hydrogen-bond donors (Lipinski definition) is 0. The first-order chi connectivity index (χ1) is 14.9. The highest BCUT2D eigenvalue weighted by Gasteiger charge is 2.38. The van der Waals surface area contributed by atoms with E-state index in [-0.39, 0.29) is 6.73 Å². The maximum atomic E-state index is 13.5. The molecule has 0 aliphatic carbocycles. The number of rotatable bonds is 8. The molecule has 3 rings (SSSR count). The van der Waals surface area contributed by atoms with Crippen molar-refractivity contribution in [2.45, 2.75) is 52.7 Å². The van der Waals surface area contributed by atoms with Crippen LogP contribution in [0.4, 0.5) is 11.1 Å². The average Bonchev–Trinajstić information content (AvgIpc) is 3.16. The van der Waals surface area contributed by atoms with E-state index in [0.717, 1.165) is 5.69 Å². The Balaban J connectivity index is 1.90. The fourth-order valence-corrected chi connectivity index (χ4v) is 5.06. The summed E-state index contributed by atoms with van der Waals surface area (Å²) >= 11 is 1.37. The third-order valence-corrected chi connectivity index (χ3v) is 6.40. The third kappa shape index (κ3) is 7.15. The van der Waals surface area contributed by atoms with Gasteiger partial charge in [-0.3, -0.25) is 23.5 Å². The molecule has 0 saturated carbocycles. The first kappa shape index (κ1) is 24.4. The molecule has 172 valence electrons. The summed E-state index contributed by atoms with van der Waals surface area (Å²) in [4.78, 5) is 19.2. The van der Waals surface area contributed by atoms with Gasteiger partial charge in [0.05, 0.1) is 16.9 Å². The van der Waals surface area contributed by atoms with E-state index in [4.69, 9.17) is 13.6 Å². The van der Waals surface area contributed by atoms with Crippen LogP contribution in [0.3, 0.4) is 0 Å². The van der Waals surface area contributed by atoms with Gasteiger partial charge in [-0.05, 0) is 59.7 Å². The molecule has 0 aliphatic rings. The van der Waals surface area contributed by atoms with Crippen molar-refractivity contribution in [1.82, 2.24) is 19.9 Å². The fraction of sp³-hybridized carbons (Fsp3) is 0.429. The molecule has 0 unspecified atom stereocenters. The lowest BCUT2D eigenvalue weighted by Crippen LogP contribution is -2.28. The highest BCUT2D eigenvalue weighted by molar-refractivity contribution is 7.48. The molecule has 11 heteroatoms. The van der Waals surface area contributed by atoms with Crippen molar-refractivity contribution in [2.75, 3.05) is 11.6 Å². The molecule has 3 aromatic rings. The van der Waals surface area contributed by atoms with Crippen molar-refractivity contribution in [3.8, 4) is 11.4 Å². The molecule has 0 atom stereocenters. The van der Waals surface area contributed by atoms with Crippen LogP contribution in [0.15, 0.2) is 48.2 Å². The Labute approximate surface area is 192 Å². The molecule has 0 aromatic carbocycles. The van der Waals surface area contributed by atoms with Crippen LogP contribution in [-0.2, 0) is 18.1 Å². The second kappa shape index (κ2) is 9.72. The Bertz CT molecular complexity index is 1030. The minimum Gasteiger partial charge on any atom is -0.281 e. The smallest absolute Gasteiger partial charge is 0.281 e. The summed E-state index contributed by atoms with van der Waals surface area (Å²) in [5.74, 6) is 0.340. The number of thiazole rings is 1. The monoisotopic (exact) mass is 477 g/mol. The van der Waals surface area contributed by atoms with Gasteiger partial charge in [-0.15, -0.1) is 11.3 Å². The minimum absolute atomic E-state index is 0.192. The number of phosphoric acid groups is 1. The van der Waals surface area contributed by atoms with Gasteiger partial charge >= 0.3 is 7.82 Å². The van der Waals surface area contributed by atoms with Crippen LogP contribution in [0, 0.1) is 0 Å². The summed E-state index contributed by atoms with van der Waals surface area (Å²) in [7, 11) is -3.94. The lowest BCUT2D eigenvalue weighted by atomic mass is 10.2. The Morgan fingerprint density at radius 2 is 1.53 bits per heavy atom. The largest absolute Gasteiger partial charge is 0.477 e. The minimum atomic E-state index is -3.94. The van der Waals surface area contributed by atoms with E-state index < -0.39 is 19.0 Å². The number of nitrogens with zero attached hydrogens (tertiary/aromatic N) is 5. The molecule has 0 spiro atoms. The molecule has 3 aromatic heterocycles. The second-order valence-electron chi connectivity index (χ2n) is 8.82. The number of hydrogen-bond acceptors (Lipinski definition) is 10. The normalized spacial score (nSPS) is 12.7. The number of anilines is 2. The molecule has 9 nitrogen and oxygen atoms in total. The summed E-state index contributed by atoms with van der Waals surface area (Å²) < 4.78 is 30.7. The molecule has 3 heterocycles. The maximum absolute atomic E-state index is 13.5. The average molecular weight is 478 g/mol. The van der Waals surface area contributed by atoms with E-state index in [1.807, 2.05) is 23.6 Å². The van der Waals surface area contributed by atoms with Crippen molar-refractivity contribution in [2.24, 2.45) is 0 Å². The van der Waals surface area contributed by atoms with Crippen molar-refractivity contribution < 1.29 is 18.1 Å². The molecule has 32 heavy (non-hydrogen) atoms. The van der Waals surface area contributed by atoms with Crippen LogP contribution >= 0.6 is 19.2 Å². The van der Waals surface area contributed by atoms with Gasteiger partial charge in [-0.2, -0.15) is 0 Å². The highest BCUT2D eigenvalue weighted by Crippen LogP contribution is 2.55. The van der Waals surface area contributed by atoms with E-state index in [9.17, 15) is 4.57 Å². The van der Waals surface area contributed by atoms with Gasteiger partial charge < -0.3 is 0 Å². The summed E-state index contributed by atoms with van der Waals surface area (Å²) in [5, 5.41) is 2.43. The van der Waals surface area contributed by atoms with Crippen molar-refractivity contribution in [3.63, 3.8) is 0 Å². The topological polar surface area (TPSA) is 99.6 Å². The van der Waals surface area contributed by atoms with Gasteiger partial charge in [0.25, 0.3) is 0 Å². The summed E-state index contributed by atoms with van der Waals surface area (Å²) in [6.45, 7) is 10.5. The van der Waals surface area contributed by atoms with Crippen molar-refractivity contribution in [3.05, 3.63) is 48.2 Å². The molecule has 0 bridgehead atoms. The quantitative estimate of drug-likeness (QED) is 0.292. The summed E-state index contributed by atoms with van der Waals surface area (Å²) in [5.41, 5.74) is -0.0565. The lowest BCUT2D eigenvalue weighted by Gasteiger charge is -2.32. The van der Waals surface area contributed by atoms with E-state index in [1.165, 1.54) is 11.3 Å². The molecule has 0 fully saturated rings. The van der Waals surface area contributed by atoms with Crippen LogP contribution in [0.25, 0.3) is 11.4 Å². The van der Waals surface area contributed by atoms with Crippen LogP contribution < -0.4 is 4.90 Å². The molecule has 0 aliphatic heterocycles. The SMILES string of the molecule is CC(C)(C)OP(=O)(OCN(c1ncccn1)c1nc(-c2ccccn2)cs1)OC(C)(C)C. The first-order valence-electron chi connectivity index (χ1n) is 10.0. The molecular formula is C21H28N5O4PS. The van der Waals surface area contributed by atoms with E-state index in [0.29, 0.717) is 16.8 Å².